The molecule has 122 heavy (non-hydrogen) atoms. The standard InChI is InChI=1S/C16H13F3N2O4S2.C16H16N2O5S.C15H13BrN2O5S.C15H13FN2O4S2.C15H14N2O4S2/c1-8-7-11-13(26-8)12(15(23)21(2)27(11,24)25)14(22)20-10-5-3-9(4-6-10)16(17,18)19;1-9-4-6-11(7-5-9)17-15(19)13-14-12(8-10(2)23-14)24(21,22)18(3)16(13)20;1-8-7-11-13(23-8)12(15(20)18(2)24(11,21)22)14(19)17-10-5-3-9(16)4-6-10;1-8-7-9-12(13(19)17-11-6-4-3-5-10(11)16)14(20)18(2)24(21,22)15(9)23-8;1-9-8-11-12(13(18)16-10-6-4-3-5-7-10)14(19)17(2)23(20,21)15(11)22-9/h3-7,12H,1-2H3,(H,20,22);4-8,13H,1-3H3,(H,17,19);2*3-7,12H,1-2H3,(H,17,19);3-8,12H,1-2H3,(H,16,18). The highest BCUT2D eigenvalue weighted by molar-refractivity contribution is 9.10. The first-order chi connectivity index (χ1) is 56.9. The number of fused-ring (bicyclic) bond motifs is 5. The van der Waals surface area contributed by atoms with Crippen LogP contribution in [-0.2, 0) is 104 Å². The molecule has 0 saturated carbocycles. The van der Waals surface area contributed by atoms with Crippen LogP contribution in [0.2, 0.25) is 0 Å². The van der Waals surface area contributed by atoms with Gasteiger partial charge in [-0.3, -0.25) is 47.9 Å². The van der Waals surface area contributed by atoms with Gasteiger partial charge in [0.15, 0.2) is 17.8 Å². The number of nitrogens with zero attached hydrogens (tertiary/aromatic N) is 5. The zero-order chi connectivity index (χ0) is 89.9. The fraction of sp³-hybridized carbons (Fsp3) is 0.221. The molecule has 642 valence electrons. The molecule has 10 aromatic rings. The second-order valence-electron chi connectivity index (χ2n) is 27.4. The Morgan fingerprint density at radius 1 is 0.385 bits per heavy atom. The third-order valence-electron chi connectivity index (χ3n) is 18.9. The second kappa shape index (κ2) is 34.7. The normalized spacial score (nSPS) is 19.1. The van der Waals surface area contributed by atoms with Crippen LogP contribution in [0.5, 0.6) is 0 Å². The van der Waals surface area contributed by atoms with E-state index >= 15 is 0 Å². The van der Waals surface area contributed by atoms with Gasteiger partial charge in [-0.05, 0) is 145 Å². The van der Waals surface area contributed by atoms with E-state index in [1.54, 1.807) is 101 Å². The van der Waals surface area contributed by atoms with E-state index in [9.17, 15) is 108 Å². The first-order valence-corrected chi connectivity index (χ1v) is 45.8. The Kier molecular flexibility index (Phi) is 26.0. The Morgan fingerprint density at radius 3 is 1.13 bits per heavy atom. The van der Waals surface area contributed by atoms with Gasteiger partial charge in [-0.15, -0.1) is 34.0 Å². The summed E-state index contributed by atoms with van der Waals surface area (Å²) in [6, 6.07) is 38.9. The Labute approximate surface area is 715 Å². The van der Waals surface area contributed by atoms with Crippen molar-refractivity contribution in [3.63, 3.8) is 0 Å². The largest absolute Gasteiger partial charge is 0.463 e. The summed E-state index contributed by atoms with van der Waals surface area (Å²) in [6.45, 7) is 10.1. The number of amides is 10. The number of rotatable bonds is 10. The molecular formula is C77H69BrF4N10O22S8. The monoisotopic (exact) mass is 1900 g/mol. The number of para-hydroxylation sites is 2. The average Bonchev–Trinajstić information content (AvgIpc) is 1.26. The first-order valence-electron chi connectivity index (χ1n) is 35.4. The summed E-state index contributed by atoms with van der Waals surface area (Å²) in [5, 5.41) is 12.6. The topological polar surface area (TPSA) is 444 Å². The molecule has 10 amide bonds. The second-order valence-corrected chi connectivity index (χ2v) is 42.3. The molecule has 5 N–H and O–H groups in total. The summed E-state index contributed by atoms with van der Waals surface area (Å²) in [4.78, 5) is 127. The highest BCUT2D eigenvalue weighted by Crippen LogP contribution is 2.45. The lowest BCUT2D eigenvalue weighted by atomic mass is 9.99. The number of carbonyl (C=O) groups excluding carboxylic acids is 10. The molecule has 0 fully saturated rings. The van der Waals surface area contributed by atoms with E-state index in [1.165, 1.54) is 55.6 Å². The third-order valence-corrected chi connectivity index (χ3v) is 32.8. The van der Waals surface area contributed by atoms with Gasteiger partial charge in [0, 0.05) is 105 Å². The Morgan fingerprint density at radius 2 is 0.713 bits per heavy atom. The highest BCUT2D eigenvalue weighted by Gasteiger charge is 2.52. The summed E-state index contributed by atoms with van der Waals surface area (Å²) < 4.78 is 189. The maximum Gasteiger partial charge on any atom is 0.416 e. The van der Waals surface area contributed by atoms with Crippen molar-refractivity contribution < 1.29 is 116 Å². The van der Waals surface area contributed by atoms with E-state index in [1.807, 2.05) is 25.1 Å². The zero-order valence-corrected chi connectivity index (χ0v) is 73.4. The molecule has 0 spiro atoms. The van der Waals surface area contributed by atoms with Crippen molar-refractivity contribution in [1.29, 1.82) is 0 Å². The van der Waals surface area contributed by atoms with Gasteiger partial charge < -0.3 is 35.4 Å². The number of hydrogen-bond donors (Lipinski definition) is 5. The Bertz CT molecular complexity index is 6400. The van der Waals surface area contributed by atoms with Crippen LogP contribution < -0.4 is 26.6 Å². The van der Waals surface area contributed by atoms with Crippen LogP contribution in [0, 0.1) is 47.4 Å². The molecule has 32 nitrogen and oxygen atoms in total. The molecule has 0 aliphatic carbocycles. The molecule has 5 unspecified atom stereocenters. The molecule has 5 atom stereocenters. The van der Waals surface area contributed by atoms with E-state index in [-0.39, 0.29) is 62.0 Å². The van der Waals surface area contributed by atoms with Gasteiger partial charge in [0.25, 0.3) is 79.7 Å². The van der Waals surface area contributed by atoms with Gasteiger partial charge in [0.05, 0.1) is 11.3 Å². The minimum Gasteiger partial charge on any atom is -0.463 e. The third kappa shape index (κ3) is 18.0. The van der Waals surface area contributed by atoms with Crippen LogP contribution in [-0.4, -0.2) is 158 Å². The lowest BCUT2D eigenvalue weighted by Gasteiger charge is -2.28. The molecule has 5 aliphatic heterocycles. The summed E-state index contributed by atoms with van der Waals surface area (Å²) in [5.41, 5.74) is 2.07. The van der Waals surface area contributed by atoms with Crippen LogP contribution in [0.4, 0.5) is 46.0 Å². The van der Waals surface area contributed by atoms with Crippen LogP contribution >= 0.6 is 49.9 Å². The minimum atomic E-state index is -4.51. The first kappa shape index (κ1) is 91.2. The number of aryl methyl sites for hydroxylation is 6. The number of benzene rings is 5. The molecule has 5 aromatic carbocycles. The number of likely N-dealkylation sites (N-methyl/N-ethyl adjacent to an activating group) is 5. The molecule has 15 rings (SSSR count). The van der Waals surface area contributed by atoms with Crippen molar-refractivity contribution in [2.24, 2.45) is 0 Å². The van der Waals surface area contributed by atoms with Gasteiger partial charge in [0.2, 0.25) is 29.5 Å². The molecular weight excluding hydrogens is 1830 g/mol. The maximum atomic E-state index is 13.7. The minimum absolute atomic E-state index is 0.0317. The lowest BCUT2D eigenvalue weighted by molar-refractivity contribution is -0.138. The van der Waals surface area contributed by atoms with Crippen LogP contribution in [0.1, 0.15) is 94.4 Å². The predicted octanol–water partition coefficient (Wildman–Crippen LogP) is 11.0. The van der Waals surface area contributed by atoms with Crippen molar-refractivity contribution in [3.8, 4) is 0 Å². The SMILES string of the molecule is Cc1cc2c(o1)C(C(=O)Nc1ccc(Br)cc1)C(=O)N(C)S2(=O)=O.Cc1cc2c(s1)C(C(=O)Nc1ccc(C(F)(F)F)cc1)C(=O)N(C)S2(=O)=O.Cc1cc2c(s1)S(=O)(=O)N(C)C(=O)C2C(=O)Nc1ccccc1.Cc1cc2c(s1)S(=O)(=O)N(C)C(=O)C2C(=O)Nc1ccccc1F.Cc1ccc(NC(=O)C2C(=O)N(C)S(=O)(=O)c3cc(C)oc32)cc1. The summed E-state index contributed by atoms with van der Waals surface area (Å²) in [5.74, 6) is -14.5. The van der Waals surface area contributed by atoms with Crippen molar-refractivity contribution in [3.05, 3.63) is 233 Å². The quantitative estimate of drug-likeness (QED) is 0.0627. The van der Waals surface area contributed by atoms with Crippen LogP contribution in [0.15, 0.2) is 194 Å². The number of carbonyl (C=O) groups is 10. The molecule has 0 radical (unpaired) electrons. The molecule has 5 aliphatic rings. The van der Waals surface area contributed by atoms with Crippen LogP contribution in [0.25, 0.3) is 0 Å². The van der Waals surface area contributed by atoms with E-state index in [2.05, 4.69) is 42.5 Å². The van der Waals surface area contributed by atoms with E-state index < -0.39 is 156 Å². The number of thiophene rings is 3. The summed E-state index contributed by atoms with van der Waals surface area (Å²) in [7, 11) is -14.2. The summed E-state index contributed by atoms with van der Waals surface area (Å²) >= 11 is 6.37. The van der Waals surface area contributed by atoms with E-state index in [4.69, 9.17) is 8.83 Å². The van der Waals surface area contributed by atoms with Gasteiger partial charge in [-0.2, -0.15) is 13.2 Å². The van der Waals surface area contributed by atoms with Crippen LogP contribution in [0.3, 0.4) is 0 Å². The zero-order valence-electron chi connectivity index (χ0n) is 65.3. The predicted molar refractivity (Wildman–Crippen MR) is 440 cm³/mol. The van der Waals surface area contributed by atoms with Gasteiger partial charge in [-0.25, -0.2) is 68.0 Å². The number of hydrogen-bond acceptors (Lipinski definition) is 25. The highest BCUT2D eigenvalue weighted by atomic mass is 79.9. The van der Waals surface area contributed by atoms with E-state index in [0.717, 1.165) is 101 Å². The van der Waals surface area contributed by atoms with Gasteiger partial charge in [-0.1, -0.05) is 64.0 Å². The number of sulfonamides is 5. The van der Waals surface area contributed by atoms with Crippen molar-refractivity contribution in [1.82, 2.24) is 21.5 Å². The van der Waals surface area contributed by atoms with E-state index in [0.29, 0.717) is 59.9 Å². The fourth-order valence-electron chi connectivity index (χ4n) is 12.6. The molecule has 0 bridgehead atoms. The maximum absolute atomic E-state index is 13.7. The van der Waals surface area contributed by atoms with Crippen molar-refractivity contribution >= 4 is 188 Å². The summed E-state index contributed by atoms with van der Waals surface area (Å²) in [6.07, 6.45) is -4.51. The molecule has 45 heteroatoms. The number of furan rings is 2. The van der Waals surface area contributed by atoms with Gasteiger partial charge >= 0.3 is 6.18 Å². The number of alkyl halides is 3. The Hall–Kier alpha value is -11.6. The Balaban J connectivity index is 0.000000149. The molecule has 5 aromatic heterocycles. The van der Waals surface area contributed by atoms with Gasteiger partial charge in [0.1, 0.15) is 63.8 Å². The number of halogens is 5. The molecule has 0 saturated heterocycles. The smallest absolute Gasteiger partial charge is 0.416 e. The number of anilines is 5. The van der Waals surface area contributed by atoms with Crippen molar-refractivity contribution in [2.75, 3.05) is 61.8 Å². The van der Waals surface area contributed by atoms with Crippen molar-refractivity contribution in [2.45, 2.75) is 100 Å². The lowest BCUT2D eigenvalue weighted by Crippen LogP contribution is -2.45. The molecule has 10 heterocycles. The fourth-order valence-corrected chi connectivity index (χ4v) is 24.5. The average molecular weight is 1900 g/mol. The number of nitrogens with one attached hydrogen (secondary N) is 5.